The summed E-state index contributed by atoms with van der Waals surface area (Å²) in [5.74, 6) is -0.470. The lowest BCUT2D eigenvalue weighted by molar-refractivity contribution is -0.149. The quantitative estimate of drug-likeness (QED) is 0.333. The molecular weight excluding hydrogens is 494 g/mol. The van der Waals surface area contributed by atoms with Crippen molar-refractivity contribution in [1.82, 2.24) is 14.5 Å². The molecule has 2 aromatic heterocycles. The largest absolute Gasteiger partial charge is 0.466 e. The molecule has 1 aliphatic carbocycles. The van der Waals surface area contributed by atoms with Crippen molar-refractivity contribution in [3.8, 4) is 22.0 Å². The molecule has 8 heteroatoms. The van der Waals surface area contributed by atoms with Gasteiger partial charge in [0, 0.05) is 35.8 Å². The molecule has 1 saturated heterocycles. The Morgan fingerprint density at radius 3 is 2.69 bits per heavy atom. The molecule has 1 aliphatic heterocycles. The predicted octanol–water partition coefficient (Wildman–Crippen LogP) is 6.77. The lowest BCUT2D eigenvalue weighted by Gasteiger charge is -2.31. The molecule has 1 unspecified atom stereocenters. The van der Waals surface area contributed by atoms with E-state index >= 15 is 0 Å². The first kappa shape index (κ1) is 25.0. The Balaban J connectivity index is 1.49. The minimum Gasteiger partial charge on any atom is -0.466 e. The second kappa shape index (κ2) is 10.8. The highest BCUT2D eigenvalue weighted by atomic mass is 35.5. The number of aromatic nitrogens is 2. The number of esters is 1. The summed E-state index contributed by atoms with van der Waals surface area (Å²) in [5.41, 5.74) is 4.45. The van der Waals surface area contributed by atoms with Crippen LogP contribution in [-0.4, -0.2) is 46.0 Å². The Morgan fingerprint density at radius 2 is 1.94 bits per heavy atom. The number of hydrogen-bond donors (Lipinski definition) is 0. The first-order valence-electron chi connectivity index (χ1n) is 12.9. The smallest absolute Gasteiger partial charge is 0.310 e. The molecule has 5 rings (SSSR count). The third kappa shape index (κ3) is 4.83. The van der Waals surface area contributed by atoms with Crippen molar-refractivity contribution in [1.29, 1.82) is 0 Å². The highest BCUT2D eigenvalue weighted by Crippen LogP contribution is 2.40. The summed E-state index contributed by atoms with van der Waals surface area (Å²) in [7, 11) is 0. The van der Waals surface area contributed by atoms with Crippen molar-refractivity contribution in [2.24, 2.45) is 5.92 Å². The molecule has 1 saturated carbocycles. The van der Waals surface area contributed by atoms with Crippen molar-refractivity contribution in [2.45, 2.75) is 58.4 Å². The van der Waals surface area contributed by atoms with E-state index in [4.69, 9.17) is 21.3 Å². The first-order chi connectivity index (χ1) is 17.5. The van der Waals surface area contributed by atoms with Gasteiger partial charge in [-0.05, 0) is 51.7 Å². The number of piperidine rings is 1. The van der Waals surface area contributed by atoms with Gasteiger partial charge in [-0.2, -0.15) is 0 Å². The van der Waals surface area contributed by atoms with E-state index in [2.05, 4.69) is 9.95 Å². The van der Waals surface area contributed by atoms with Gasteiger partial charge in [-0.25, -0.2) is 4.98 Å². The van der Waals surface area contributed by atoms with Gasteiger partial charge in [0.15, 0.2) is 0 Å². The lowest BCUT2D eigenvalue weighted by Crippen LogP contribution is -2.43. The molecule has 2 fully saturated rings. The van der Waals surface area contributed by atoms with Crippen LogP contribution in [0.5, 0.6) is 0 Å². The van der Waals surface area contributed by atoms with E-state index in [0.29, 0.717) is 36.3 Å². The molecule has 1 amide bonds. The van der Waals surface area contributed by atoms with Crippen molar-refractivity contribution in [2.75, 3.05) is 19.7 Å². The number of benzene rings is 1. The number of halogens is 1. The Hall–Kier alpha value is -2.64. The zero-order chi connectivity index (χ0) is 25.2. The average molecular weight is 526 g/mol. The maximum Gasteiger partial charge on any atom is 0.310 e. The lowest BCUT2D eigenvalue weighted by atomic mass is 9.97. The van der Waals surface area contributed by atoms with Crippen LogP contribution < -0.4 is 0 Å². The number of thiazole rings is 1. The van der Waals surface area contributed by atoms with Gasteiger partial charge in [-0.1, -0.05) is 42.6 Å². The van der Waals surface area contributed by atoms with E-state index in [1.807, 2.05) is 49.1 Å². The van der Waals surface area contributed by atoms with Gasteiger partial charge in [0.2, 0.25) is 0 Å². The van der Waals surface area contributed by atoms with Gasteiger partial charge >= 0.3 is 5.97 Å². The molecular formula is C28H32ClN3O3S. The van der Waals surface area contributed by atoms with Crippen LogP contribution in [-0.2, 0) is 9.53 Å². The van der Waals surface area contributed by atoms with Crippen molar-refractivity contribution >= 4 is 34.8 Å². The maximum absolute atomic E-state index is 13.8. The molecule has 1 aromatic carbocycles. The van der Waals surface area contributed by atoms with Crippen LogP contribution in [0.1, 0.15) is 67.5 Å². The van der Waals surface area contributed by atoms with E-state index in [0.717, 1.165) is 53.3 Å². The summed E-state index contributed by atoms with van der Waals surface area (Å²) < 4.78 is 7.57. The molecule has 0 bridgehead atoms. The minimum atomic E-state index is -0.254. The van der Waals surface area contributed by atoms with Crippen LogP contribution in [0.15, 0.2) is 35.7 Å². The molecule has 36 heavy (non-hydrogen) atoms. The van der Waals surface area contributed by atoms with Crippen LogP contribution in [0.2, 0.25) is 5.02 Å². The second-order valence-corrected chi connectivity index (χ2v) is 11.0. The van der Waals surface area contributed by atoms with Gasteiger partial charge < -0.3 is 14.2 Å². The highest BCUT2D eigenvalue weighted by Gasteiger charge is 2.33. The molecule has 2 aliphatic rings. The summed E-state index contributed by atoms with van der Waals surface area (Å²) in [6.07, 6.45) is 6.16. The predicted molar refractivity (Wildman–Crippen MR) is 143 cm³/mol. The number of ether oxygens (including phenoxy) is 1. The molecule has 190 valence electrons. The second-order valence-electron chi connectivity index (χ2n) is 9.70. The normalized spacial score (nSPS) is 18.5. The number of hydrogen-bond acceptors (Lipinski definition) is 5. The summed E-state index contributed by atoms with van der Waals surface area (Å²) in [6, 6.07) is 10.1. The molecule has 0 N–H and O–H groups in total. The molecule has 6 nitrogen and oxygen atoms in total. The highest BCUT2D eigenvalue weighted by molar-refractivity contribution is 7.13. The number of rotatable bonds is 6. The van der Waals surface area contributed by atoms with Crippen LogP contribution >= 0.6 is 22.9 Å². The monoisotopic (exact) mass is 525 g/mol. The van der Waals surface area contributed by atoms with Gasteiger partial charge in [0.05, 0.1) is 34.5 Å². The summed E-state index contributed by atoms with van der Waals surface area (Å²) >= 11 is 8.00. The number of carbonyl (C=O) groups is 2. The summed E-state index contributed by atoms with van der Waals surface area (Å²) in [6.45, 7) is 5.29. The first-order valence-corrected chi connectivity index (χ1v) is 14.1. The molecule has 0 spiro atoms. The third-order valence-corrected chi connectivity index (χ3v) is 8.62. The Bertz CT molecular complexity index is 1260. The van der Waals surface area contributed by atoms with E-state index in [9.17, 15) is 9.59 Å². The Labute approximate surface area is 221 Å². The molecule has 0 radical (unpaired) electrons. The SMILES string of the molecule is CCOC(=O)C1CCCN(C(=O)c2cc(-c3csc(-c4ccccc4Cl)n3)n(C3CCCC3)c2C)C1. The number of nitrogens with zero attached hydrogens (tertiary/aromatic N) is 3. The topological polar surface area (TPSA) is 64.4 Å². The van der Waals surface area contributed by atoms with Crippen LogP contribution in [0.25, 0.3) is 22.0 Å². The zero-order valence-electron chi connectivity index (χ0n) is 20.8. The molecule has 3 heterocycles. The number of likely N-dealkylation sites (tertiary alicyclic amines) is 1. The third-order valence-electron chi connectivity index (χ3n) is 7.41. The Morgan fingerprint density at radius 1 is 1.17 bits per heavy atom. The Kier molecular flexibility index (Phi) is 7.49. The molecule has 3 aromatic rings. The van der Waals surface area contributed by atoms with Gasteiger partial charge in [0.1, 0.15) is 5.01 Å². The van der Waals surface area contributed by atoms with Crippen molar-refractivity contribution in [3.63, 3.8) is 0 Å². The zero-order valence-corrected chi connectivity index (χ0v) is 22.4. The van der Waals surface area contributed by atoms with E-state index in [-0.39, 0.29) is 17.8 Å². The van der Waals surface area contributed by atoms with Gasteiger partial charge in [-0.15, -0.1) is 11.3 Å². The fourth-order valence-corrected chi connectivity index (χ4v) is 6.74. The minimum absolute atomic E-state index is 0.0129. The summed E-state index contributed by atoms with van der Waals surface area (Å²) in [5, 5.41) is 3.61. The van der Waals surface area contributed by atoms with Crippen LogP contribution in [0.3, 0.4) is 0 Å². The van der Waals surface area contributed by atoms with E-state index in [1.54, 1.807) is 11.3 Å². The average Bonchev–Trinajstić information content (AvgIpc) is 3.64. The summed E-state index contributed by atoms with van der Waals surface area (Å²) in [4.78, 5) is 32.9. The fraction of sp³-hybridized carbons (Fsp3) is 0.464. The number of amides is 1. The maximum atomic E-state index is 13.8. The van der Waals surface area contributed by atoms with Crippen molar-refractivity contribution in [3.05, 3.63) is 52.0 Å². The fourth-order valence-electron chi connectivity index (χ4n) is 5.60. The standard InChI is InChI=1S/C28H32ClN3O3S/c1-3-35-28(34)19-9-8-14-31(16-19)27(33)22-15-25(32(18(22)2)20-10-4-5-11-20)24-17-36-26(30-24)21-12-6-7-13-23(21)29/h6-7,12-13,15,17,19-20H,3-5,8-11,14,16H2,1-2H3. The van der Waals surface area contributed by atoms with Gasteiger partial charge in [0.25, 0.3) is 5.91 Å². The molecule has 1 atom stereocenters. The van der Waals surface area contributed by atoms with E-state index in [1.165, 1.54) is 12.8 Å². The van der Waals surface area contributed by atoms with Crippen LogP contribution in [0, 0.1) is 12.8 Å². The number of carbonyl (C=O) groups excluding carboxylic acids is 2. The van der Waals surface area contributed by atoms with E-state index < -0.39 is 0 Å². The van der Waals surface area contributed by atoms with Crippen LogP contribution in [0.4, 0.5) is 0 Å². The van der Waals surface area contributed by atoms with Gasteiger partial charge in [-0.3, -0.25) is 9.59 Å². The van der Waals surface area contributed by atoms with Crippen molar-refractivity contribution < 1.29 is 14.3 Å².